The highest BCUT2D eigenvalue weighted by Crippen LogP contribution is 2.20. The lowest BCUT2D eigenvalue weighted by Crippen LogP contribution is -2.45. The van der Waals surface area contributed by atoms with Crippen LogP contribution in [0.25, 0.3) is 0 Å². The molecule has 1 aliphatic rings. The minimum atomic E-state index is 0.316. The van der Waals surface area contributed by atoms with Gasteiger partial charge >= 0.3 is 0 Å². The number of nitrogens with one attached hydrogen (secondary N) is 1. The minimum absolute atomic E-state index is 0.316. The van der Waals surface area contributed by atoms with Crippen molar-refractivity contribution in [1.29, 1.82) is 0 Å². The number of nitrogens with zero attached hydrogens (tertiary/aromatic N) is 2. The lowest BCUT2D eigenvalue weighted by molar-refractivity contribution is -0.133. The molecular formula is C18H37N3O. The molecule has 1 aliphatic heterocycles. The summed E-state index contributed by atoms with van der Waals surface area (Å²) in [6.45, 7) is 14.4. The van der Waals surface area contributed by atoms with Crippen molar-refractivity contribution in [3.63, 3.8) is 0 Å². The number of hydrogen-bond acceptors (Lipinski definition) is 3. The second-order valence-electron chi connectivity index (χ2n) is 7.70. The van der Waals surface area contributed by atoms with Crippen LogP contribution in [-0.4, -0.2) is 62.0 Å². The smallest absolute Gasteiger partial charge is 0.236 e. The number of carbonyl (C=O) groups is 1. The Balaban J connectivity index is 2.39. The van der Waals surface area contributed by atoms with Crippen LogP contribution in [0.4, 0.5) is 0 Å². The van der Waals surface area contributed by atoms with Gasteiger partial charge in [-0.05, 0) is 63.7 Å². The topological polar surface area (TPSA) is 35.6 Å². The van der Waals surface area contributed by atoms with Gasteiger partial charge in [-0.25, -0.2) is 0 Å². The highest BCUT2D eigenvalue weighted by molar-refractivity contribution is 5.78. The first-order chi connectivity index (χ1) is 10.4. The molecule has 1 saturated heterocycles. The summed E-state index contributed by atoms with van der Waals surface area (Å²) in [5.74, 6) is 2.22. The molecule has 1 N–H and O–H groups in total. The molecule has 0 aromatic heterocycles. The maximum absolute atomic E-state index is 12.6. The predicted molar refractivity (Wildman–Crippen MR) is 94.0 cm³/mol. The number of hydrogen-bond donors (Lipinski definition) is 1. The van der Waals surface area contributed by atoms with Crippen molar-refractivity contribution in [2.75, 3.05) is 46.3 Å². The SMILES string of the molecule is CNCCC1CCN(CC(=O)N(CC(C)C)CC(C)C)CC1. The van der Waals surface area contributed by atoms with E-state index >= 15 is 0 Å². The second kappa shape index (κ2) is 10.2. The summed E-state index contributed by atoms with van der Waals surface area (Å²) < 4.78 is 0. The third-order valence-electron chi connectivity index (χ3n) is 4.39. The van der Waals surface area contributed by atoms with E-state index in [-0.39, 0.29) is 0 Å². The minimum Gasteiger partial charge on any atom is -0.341 e. The molecule has 0 bridgehead atoms. The summed E-state index contributed by atoms with van der Waals surface area (Å²) in [6, 6.07) is 0. The van der Waals surface area contributed by atoms with E-state index in [0.717, 1.165) is 38.6 Å². The van der Waals surface area contributed by atoms with E-state index < -0.39 is 0 Å². The van der Waals surface area contributed by atoms with Gasteiger partial charge in [0.05, 0.1) is 6.54 Å². The van der Waals surface area contributed by atoms with Gasteiger partial charge in [0.25, 0.3) is 0 Å². The van der Waals surface area contributed by atoms with E-state index in [1.165, 1.54) is 19.3 Å². The monoisotopic (exact) mass is 311 g/mol. The number of rotatable bonds is 9. The van der Waals surface area contributed by atoms with E-state index in [2.05, 4.69) is 42.8 Å². The van der Waals surface area contributed by atoms with Gasteiger partial charge in [-0.2, -0.15) is 0 Å². The van der Waals surface area contributed by atoms with Crippen LogP contribution < -0.4 is 5.32 Å². The molecule has 0 spiro atoms. The first-order valence-electron chi connectivity index (χ1n) is 9.07. The highest BCUT2D eigenvalue weighted by atomic mass is 16.2. The fourth-order valence-electron chi connectivity index (χ4n) is 3.23. The number of likely N-dealkylation sites (tertiary alicyclic amines) is 1. The van der Waals surface area contributed by atoms with Gasteiger partial charge < -0.3 is 10.2 Å². The van der Waals surface area contributed by atoms with E-state index in [1.54, 1.807) is 0 Å². The van der Waals surface area contributed by atoms with Crippen LogP contribution in [0.2, 0.25) is 0 Å². The van der Waals surface area contributed by atoms with Crippen molar-refractivity contribution >= 4 is 5.91 Å². The molecule has 0 aliphatic carbocycles. The zero-order valence-electron chi connectivity index (χ0n) is 15.4. The third-order valence-corrected chi connectivity index (χ3v) is 4.39. The summed E-state index contributed by atoms with van der Waals surface area (Å²) in [4.78, 5) is 17.0. The van der Waals surface area contributed by atoms with Crippen LogP contribution in [-0.2, 0) is 4.79 Å². The summed E-state index contributed by atoms with van der Waals surface area (Å²) in [5.41, 5.74) is 0. The first-order valence-corrected chi connectivity index (χ1v) is 9.07. The zero-order valence-corrected chi connectivity index (χ0v) is 15.4. The highest BCUT2D eigenvalue weighted by Gasteiger charge is 2.23. The maximum atomic E-state index is 12.6. The Morgan fingerprint density at radius 3 is 2.14 bits per heavy atom. The Kier molecular flexibility index (Phi) is 9.03. The molecule has 1 fully saturated rings. The quantitative estimate of drug-likeness (QED) is 0.710. The molecular weight excluding hydrogens is 274 g/mol. The molecule has 0 unspecified atom stereocenters. The van der Waals surface area contributed by atoms with Crippen LogP contribution in [0.15, 0.2) is 0 Å². The van der Waals surface area contributed by atoms with Crippen molar-refractivity contribution < 1.29 is 4.79 Å². The number of carbonyl (C=O) groups excluding carboxylic acids is 1. The third kappa shape index (κ3) is 7.59. The van der Waals surface area contributed by atoms with Crippen LogP contribution in [0.5, 0.6) is 0 Å². The van der Waals surface area contributed by atoms with Gasteiger partial charge in [0.2, 0.25) is 5.91 Å². The van der Waals surface area contributed by atoms with Crippen molar-refractivity contribution in [2.24, 2.45) is 17.8 Å². The molecule has 0 saturated carbocycles. The average Bonchev–Trinajstić information content (AvgIpc) is 2.45. The van der Waals surface area contributed by atoms with Gasteiger partial charge in [0.15, 0.2) is 0 Å². The van der Waals surface area contributed by atoms with Crippen LogP contribution >= 0.6 is 0 Å². The zero-order chi connectivity index (χ0) is 16.5. The lowest BCUT2D eigenvalue weighted by Gasteiger charge is -2.34. The Labute approximate surface area is 137 Å². The van der Waals surface area contributed by atoms with Gasteiger partial charge in [0.1, 0.15) is 0 Å². The van der Waals surface area contributed by atoms with Crippen LogP contribution in [0.1, 0.15) is 47.0 Å². The Hall–Kier alpha value is -0.610. The summed E-state index contributed by atoms with van der Waals surface area (Å²) in [5, 5.41) is 3.24. The van der Waals surface area contributed by atoms with Crippen LogP contribution in [0, 0.1) is 17.8 Å². The molecule has 4 heteroatoms. The van der Waals surface area contributed by atoms with Crippen molar-refractivity contribution in [1.82, 2.24) is 15.1 Å². The lowest BCUT2D eigenvalue weighted by atomic mass is 9.93. The Morgan fingerprint density at radius 2 is 1.68 bits per heavy atom. The standard InChI is InChI=1S/C18H37N3O/c1-15(2)12-21(13-16(3)4)18(22)14-20-10-7-17(8-11-20)6-9-19-5/h15-17,19H,6-14H2,1-5H3. The Morgan fingerprint density at radius 1 is 1.14 bits per heavy atom. The predicted octanol–water partition coefficient (Wildman–Crippen LogP) is 2.45. The molecule has 130 valence electrons. The molecule has 0 atom stereocenters. The summed E-state index contributed by atoms with van der Waals surface area (Å²) in [7, 11) is 2.02. The number of piperidine rings is 1. The number of amides is 1. The van der Waals surface area contributed by atoms with Crippen molar-refractivity contribution in [3.05, 3.63) is 0 Å². The molecule has 1 amide bonds. The maximum Gasteiger partial charge on any atom is 0.236 e. The average molecular weight is 312 g/mol. The van der Waals surface area contributed by atoms with Gasteiger partial charge in [-0.15, -0.1) is 0 Å². The normalized spacial score (nSPS) is 17.4. The van der Waals surface area contributed by atoms with E-state index in [1.807, 2.05) is 7.05 Å². The molecule has 0 aromatic carbocycles. The van der Waals surface area contributed by atoms with E-state index in [4.69, 9.17) is 0 Å². The molecule has 1 heterocycles. The Bertz CT molecular complexity index is 299. The van der Waals surface area contributed by atoms with E-state index in [0.29, 0.717) is 24.3 Å². The molecule has 4 nitrogen and oxygen atoms in total. The van der Waals surface area contributed by atoms with Crippen molar-refractivity contribution in [2.45, 2.75) is 47.0 Å². The largest absolute Gasteiger partial charge is 0.341 e. The van der Waals surface area contributed by atoms with E-state index in [9.17, 15) is 4.79 Å². The van der Waals surface area contributed by atoms with Gasteiger partial charge in [-0.3, -0.25) is 9.69 Å². The fraction of sp³-hybridized carbons (Fsp3) is 0.944. The van der Waals surface area contributed by atoms with Gasteiger partial charge in [0, 0.05) is 13.1 Å². The molecule has 0 radical (unpaired) electrons. The van der Waals surface area contributed by atoms with Crippen molar-refractivity contribution in [3.8, 4) is 0 Å². The van der Waals surface area contributed by atoms with Crippen LogP contribution in [0.3, 0.4) is 0 Å². The molecule has 0 aromatic rings. The fourth-order valence-corrected chi connectivity index (χ4v) is 3.23. The van der Waals surface area contributed by atoms with Gasteiger partial charge in [-0.1, -0.05) is 27.7 Å². The first kappa shape index (κ1) is 19.4. The summed E-state index contributed by atoms with van der Waals surface area (Å²) in [6.07, 6.45) is 3.75. The molecule has 22 heavy (non-hydrogen) atoms. The second-order valence-corrected chi connectivity index (χ2v) is 7.70. The summed E-state index contributed by atoms with van der Waals surface area (Å²) >= 11 is 0. The molecule has 1 rings (SSSR count).